The molecule has 1 aliphatic carbocycles. The summed E-state index contributed by atoms with van der Waals surface area (Å²) < 4.78 is 11.3. The van der Waals surface area contributed by atoms with E-state index in [0.717, 1.165) is 37.4 Å². The quantitative estimate of drug-likeness (QED) is 0.441. The van der Waals surface area contributed by atoms with Gasteiger partial charge in [-0.1, -0.05) is 20.3 Å². The molecule has 4 unspecified atom stereocenters. The van der Waals surface area contributed by atoms with E-state index in [1.165, 1.54) is 12.8 Å². The maximum absolute atomic E-state index is 5.81. The molecule has 1 saturated carbocycles. The molecule has 0 aromatic rings. The van der Waals surface area contributed by atoms with E-state index in [1.807, 2.05) is 19.0 Å². The molecule has 1 fully saturated rings. The average molecular weight is 286 g/mol. The maximum atomic E-state index is 5.81. The molecule has 0 saturated heterocycles. The summed E-state index contributed by atoms with van der Waals surface area (Å²) in [5, 5.41) is 3.35. The third kappa shape index (κ3) is 7.58. The maximum Gasteiger partial charge on any atom is 0.100 e. The molecule has 0 spiro atoms. The first kappa shape index (κ1) is 17.9. The molecule has 0 amide bonds. The Hall–Kier alpha value is -0.160. The Morgan fingerprint density at radius 1 is 1.25 bits per heavy atom. The fourth-order valence-electron chi connectivity index (χ4n) is 2.49. The van der Waals surface area contributed by atoms with Crippen LogP contribution in [0.25, 0.3) is 0 Å². The van der Waals surface area contributed by atoms with Crippen LogP contribution in [0.15, 0.2) is 0 Å². The van der Waals surface area contributed by atoms with E-state index >= 15 is 0 Å². The summed E-state index contributed by atoms with van der Waals surface area (Å²) in [6.07, 6.45) is 3.72. The van der Waals surface area contributed by atoms with Crippen molar-refractivity contribution >= 4 is 0 Å². The van der Waals surface area contributed by atoms with E-state index in [9.17, 15) is 0 Å². The summed E-state index contributed by atoms with van der Waals surface area (Å²) in [5.74, 6) is 2.63. The van der Waals surface area contributed by atoms with Gasteiger partial charge >= 0.3 is 0 Å². The van der Waals surface area contributed by atoms with Crippen LogP contribution in [0.1, 0.15) is 40.0 Å². The molecule has 0 aromatic carbocycles. The van der Waals surface area contributed by atoms with E-state index in [1.54, 1.807) is 0 Å². The first-order chi connectivity index (χ1) is 9.54. The van der Waals surface area contributed by atoms with Crippen LogP contribution in [0.3, 0.4) is 0 Å². The van der Waals surface area contributed by atoms with Crippen molar-refractivity contribution in [2.24, 2.45) is 17.8 Å². The Labute approximate surface area is 125 Å². The monoisotopic (exact) mass is 286 g/mol. The zero-order chi connectivity index (χ0) is 15.0. The summed E-state index contributed by atoms with van der Waals surface area (Å²) in [7, 11) is 4.00. The standard InChI is InChI=1S/C16H34N2O2/c1-6-13(2)16-9-15(16)10-19-8-7-14(3)17-11-20-12-18(4)5/h13-17H,6-12H2,1-5H3. The molecule has 1 rings (SSSR count). The van der Waals surface area contributed by atoms with Crippen LogP contribution in [0, 0.1) is 17.8 Å². The van der Waals surface area contributed by atoms with Gasteiger partial charge in [0.05, 0.1) is 6.73 Å². The van der Waals surface area contributed by atoms with Crippen LogP contribution in [0.2, 0.25) is 0 Å². The van der Waals surface area contributed by atoms with Crippen LogP contribution in [0.5, 0.6) is 0 Å². The van der Waals surface area contributed by atoms with Gasteiger partial charge < -0.3 is 9.47 Å². The molecule has 4 atom stereocenters. The number of rotatable bonds is 12. The lowest BCUT2D eigenvalue weighted by Gasteiger charge is -2.16. The first-order valence-electron chi connectivity index (χ1n) is 8.08. The molecule has 4 heteroatoms. The van der Waals surface area contributed by atoms with Gasteiger partial charge in [0.25, 0.3) is 0 Å². The highest BCUT2D eigenvalue weighted by Gasteiger charge is 2.39. The summed E-state index contributed by atoms with van der Waals surface area (Å²) in [6.45, 7) is 9.91. The van der Waals surface area contributed by atoms with Crippen molar-refractivity contribution in [3.05, 3.63) is 0 Å². The average Bonchev–Trinajstić information content (AvgIpc) is 3.18. The smallest absolute Gasteiger partial charge is 0.100 e. The summed E-state index contributed by atoms with van der Waals surface area (Å²) >= 11 is 0. The lowest BCUT2D eigenvalue weighted by Crippen LogP contribution is -2.31. The van der Waals surface area contributed by atoms with Gasteiger partial charge in [-0.25, -0.2) is 0 Å². The van der Waals surface area contributed by atoms with Crippen LogP contribution in [-0.2, 0) is 9.47 Å². The summed E-state index contributed by atoms with van der Waals surface area (Å²) in [6, 6.07) is 0.446. The van der Waals surface area contributed by atoms with E-state index in [-0.39, 0.29) is 0 Å². The number of nitrogens with zero attached hydrogens (tertiary/aromatic N) is 1. The van der Waals surface area contributed by atoms with E-state index in [4.69, 9.17) is 9.47 Å². The minimum absolute atomic E-state index is 0.446. The Kier molecular flexibility index (Phi) is 8.69. The van der Waals surface area contributed by atoms with E-state index < -0.39 is 0 Å². The molecule has 0 heterocycles. The fraction of sp³-hybridized carbons (Fsp3) is 1.00. The van der Waals surface area contributed by atoms with Crippen LogP contribution < -0.4 is 5.32 Å². The molecule has 120 valence electrons. The highest BCUT2D eigenvalue weighted by Crippen LogP contribution is 2.45. The normalized spacial score (nSPS) is 24.9. The fourth-order valence-corrected chi connectivity index (χ4v) is 2.49. The number of nitrogens with one attached hydrogen (secondary N) is 1. The van der Waals surface area contributed by atoms with Crippen molar-refractivity contribution in [1.29, 1.82) is 0 Å². The van der Waals surface area contributed by atoms with Gasteiger partial charge in [0.15, 0.2) is 0 Å². The molecule has 1 aliphatic rings. The minimum atomic E-state index is 0.446. The second-order valence-corrected chi connectivity index (χ2v) is 6.57. The Bertz CT molecular complexity index is 249. The third-order valence-electron chi connectivity index (χ3n) is 4.26. The minimum Gasteiger partial charge on any atom is -0.381 e. The molecule has 20 heavy (non-hydrogen) atoms. The third-order valence-corrected chi connectivity index (χ3v) is 4.26. The van der Waals surface area contributed by atoms with Gasteiger partial charge in [0.2, 0.25) is 0 Å². The highest BCUT2D eigenvalue weighted by molar-refractivity contribution is 4.89. The number of ether oxygens (including phenoxy) is 2. The zero-order valence-corrected chi connectivity index (χ0v) is 14.0. The Balaban J connectivity index is 1.89. The molecule has 0 bridgehead atoms. The Morgan fingerprint density at radius 3 is 2.65 bits per heavy atom. The van der Waals surface area contributed by atoms with Gasteiger partial charge in [0, 0.05) is 19.3 Å². The Morgan fingerprint density at radius 2 is 2.00 bits per heavy atom. The van der Waals surface area contributed by atoms with E-state index in [0.29, 0.717) is 19.5 Å². The van der Waals surface area contributed by atoms with Gasteiger partial charge in [-0.3, -0.25) is 10.2 Å². The SMILES string of the molecule is CCC(C)C1CC1COCCC(C)NCOCN(C)C. The van der Waals surface area contributed by atoms with Crippen molar-refractivity contribution in [3.8, 4) is 0 Å². The van der Waals surface area contributed by atoms with Crippen molar-refractivity contribution in [3.63, 3.8) is 0 Å². The molecule has 0 radical (unpaired) electrons. The van der Waals surface area contributed by atoms with Crippen LogP contribution >= 0.6 is 0 Å². The zero-order valence-electron chi connectivity index (χ0n) is 14.0. The van der Waals surface area contributed by atoms with Gasteiger partial charge in [-0.15, -0.1) is 0 Å². The predicted octanol–water partition coefficient (Wildman–Crippen LogP) is 2.55. The molecular formula is C16H34N2O2. The molecule has 0 aliphatic heterocycles. The van der Waals surface area contributed by atoms with Crippen molar-refractivity contribution < 1.29 is 9.47 Å². The van der Waals surface area contributed by atoms with Crippen molar-refractivity contribution in [2.45, 2.75) is 46.1 Å². The molecular weight excluding hydrogens is 252 g/mol. The van der Waals surface area contributed by atoms with Crippen LogP contribution in [-0.4, -0.2) is 51.7 Å². The van der Waals surface area contributed by atoms with Gasteiger partial charge in [0.1, 0.15) is 6.73 Å². The van der Waals surface area contributed by atoms with Gasteiger partial charge in [-0.05, 0) is 51.6 Å². The number of hydrogen-bond donors (Lipinski definition) is 1. The van der Waals surface area contributed by atoms with E-state index in [2.05, 4.69) is 26.1 Å². The van der Waals surface area contributed by atoms with Gasteiger partial charge in [-0.2, -0.15) is 0 Å². The topological polar surface area (TPSA) is 33.7 Å². The summed E-state index contributed by atoms with van der Waals surface area (Å²) in [5.41, 5.74) is 0. The number of hydrogen-bond acceptors (Lipinski definition) is 4. The first-order valence-corrected chi connectivity index (χ1v) is 8.08. The second-order valence-electron chi connectivity index (χ2n) is 6.57. The molecule has 0 aromatic heterocycles. The largest absolute Gasteiger partial charge is 0.381 e. The summed E-state index contributed by atoms with van der Waals surface area (Å²) in [4.78, 5) is 2.01. The van der Waals surface area contributed by atoms with Crippen LogP contribution in [0.4, 0.5) is 0 Å². The van der Waals surface area contributed by atoms with Crippen molar-refractivity contribution in [1.82, 2.24) is 10.2 Å². The highest BCUT2D eigenvalue weighted by atomic mass is 16.5. The second kappa shape index (κ2) is 9.72. The predicted molar refractivity (Wildman–Crippen MR) is 83.6 cm³/mol. The molecule has 4 nitrogen and oxygen atoms in total. The lowest BCUT2D eigenvalue weighted by atomic mass is 10.0. The van der Waals surface area contributed by atoms with Crippen molar-refractivity contribution in [2.75, 3.05) is 40.8 Å². The molecule has 1 N–H and O–H groups in total. The lowest BCUT2D eigenvalue weighted by molar-refractivity contribution is 0.0373.